The predicted molar refractivity (Wildman–Crippen MR) is 149 cm³/mol. The topological polar surface area (TPSA) is 88.6 Å². The summed E-state index contributed by atoms with van der Waals surface area (Å²) in [5.41, 5.74) is 3.94. The van der Waals surface area contributed by atoms with Crippen molar-refractivity contribution in [3.63, 3.8) is 0 Å². The Morgan fingerprint density at radius 2 is 1.92 bits per heavy atom. The lowest BCUT2D eigenvalue weighted by Gasteiger charge is -2.37. The number of nitrogens with zero attached hydrogens (tertiary/aromatic N) is 6. The number of rotatable bonds is 8. The lowest BCUT2D eigenvalue weighted by molar-refractivity contribution is 0.0651. The summed E-state index contributed by atoms with van der Waals surface area (Å²) < 4.78 is 36.3. The third-order valence-corrected chi connectivity index (χ3v) is 12.5. The van der Waals surface area contributed by atoms with E-state index in [1.807, 2.05) is 34.3 Å². The number of hydrogen-bond donors (Lipinski definition) is 0. The van der Waals surface area contributed by atoms with Gasteiger partial charge in [0.05, 0.1) is 30.2 Å². The average Bonchev–Trinajstić information content (AvgIpc) is 3.53. The maximum absolute atomic E-state index is 13.7. The monoisotopic (exact) mass is 552 g/mol. The summed E-state index contributed by atoms with van der Waals surface area (Å²) in [6.07, 6.45) is 6.06. The summed E-state index contributed by atoms with van der Waals surface area (Å²) in [4.78, 5) is 8.85. The molecule has 0 spiro atoms. The Labute approximate surface area is 229 Å². The molecule has 0 bridgehead atoms. The van der Waals surface area contributed by atoms with Gasteiger partial charge in [0.1, 0.15) is 17.2 Å². The lowest BCUT2D eigenvalue weighted by atomic mass is 10.1. The van der Waals surface area contributed by atoms with Gasteiger partial charge in [0, 0.05) is 37.2 Å². The van der Waals surface area contributed by atoms with Crippen LogP contribution in [0.3, 0.4) is 0 Å². The molecule has 9 nitrogen and oxygen atoms in total. The van der Waals surface area contributed by atoms with Crippen molar-refractivity contribution in [2.45, 2.75) is 70.8 Å². The second kappa shape index (κ2) is 10.8. The highest BCUT2D eigenvalue weighted by Crippen LogP contribution is 2.38. The molecule has 39 heavy (non-hydrogen) atoms. The number of ether oxygens (including phenoxy) is 2. The van der Waals surface area contributed by atoms with Gasteiger partial charge in [-0.15, -0.1) is 5.10 Å². The van der Waals surface area contributed by atoms with E-state index in [1.54, 1.807) is 12.3 Å². The number of hydrogen-bond acceptors (Lipinski definition) is 7. The van der Waals surface area contributed by atoms with Gasteiger partial charge in [0.25, 0.3) is 0 Å². The lowest BCUT2D eigenvalue weighted by Crippen LogP contribution is -2.42. The van der Waals surface area contributed by atoms with Gasteiger partial charge < -0.3 is 13.9 Å². The van der Waals surface area contributed by atoms with E-state index in [2.05, 4.69) is 54.1 Å². The van der Waals surface area contributed by atoms with E-state index in [0.29, 0.717) is 11.6 Å². The minimum atomic E-state index is -2.09. The van der Waals surface area contributed by atoms with E-state index >= 15 is 0 Å². The van der Waals surface area contributed by atoms with Crippen molar-refractivity contribution in [1.29, 1.82) is 0 Å². The first kappa shape index (κ1) is 27.4. The Balaban J connectivity index is 1.50. The van der Waals surface area contributed by atoms with E-state index < -0.39 is 20.2 Å². The maximum atomic E-state index is 13.7. The van der Waals surface area contributed by atoms with Crippen LogP contribution in [0.1, 0.15) is 57.1 Å². The highest BCUT2D eigenvalue weighted by molar-refractivity contribution is 6.74. The van der Waals surface area contributed by atoms with E-state index in [-0.39, 0.29) is 17.7 Å². The summed E-state index contributed by atoms with van der Waals surface area (Å²) in [5, 5.41) is 9.06. The van der Waals surface area contributed by atoms with Gasteiger partial charge in [-0.05, 0) is 56.1 Å². The first-order valence-electron chi connectivity index (χ1n) is 13.4. The van der Waals surface area contributed by atoms with E-state index in [0.717, 1.165) is 48.7 Å². The smallest absolute Gasteiger partial charge is 0.200 e. The number of aromatic nitrogens is 6. The van der Waals surface area contributed by atoms with Crippen molar-refractivity contribution in [2.75, 3.05) is 19.8 Å². The minimum Gasteiger partial charge on any atom is -0.466 e. The average molecular weight is 553 g/mol. The number of fused-ring (bicyclic) bond motifs is 1. The number of imidazole rings is 1. The van der Waals surface area contributed by atoms with Gasteiger partial charge in [-0.3, -0.25) is 9.38 Å². The van der Waals surface area contributed by atoms with E-state index in [1.165, 1.54) is 12.3 Å². The molecule has 1 saturated heterocycles. The molecule has 1 aliphatic heterocycles. The minimum absolute atomic E-state index is 0.0269. The van der Waals surface area contributed by atoms with E-state index in [9.17, 15) is 4.39 Å². The summed E-state index contributed by atoms with van der Waals surface area (Å²) in [6.45, 7) is 14.8. The van der Waals surface area contributed by atoms with E-state index in [4.69, 9.17) is 13.9 Å². The highest BCUT2D eigenvalue weighted by atomic mass is 28.4. The fourth-order valence-corrected chi connectivity index (χ4v) is 5.51. The van der Waals surface area contributed by atoms with Crippen LogP contribution in [0.25, 0.3) is 16.9 Å². The molecule has 0 amide bonds. The molecule has 1 atom stereocenters. The molecule has 0 saturated carbocycles. The van der Waals surface area contributed by atoms with Crippen LogP contribution < -0.4 is 4.74 Å². The van der Waals surface area contributed by atoms with Gasteiger partial charge in [-0.25, -0.2) is 14.1 Å². The van der Waals surface area contributed by atoms with Gasteiger partial charge in [-0.2, -0.15) is 0 Å². The molecule has 0 radical (unpaired) electrons. The van der Waals surface area contributed by atoms with Crippen LogP contribution >= 0.6 is 0 Å². The standard InChI is InChI=1S/C28H37FN6O3Si/c1-19-27(32-33-35(19)22-9-13-36-14-10-22)20-15-25-30-11-12-34(25)26(16-20)38-24(23-8-7-21(29)17-31-23)18-37-39(5,6)28(2,3)4/h7-8,11-12,15-17,22,24H,9-10,13-14,18H2,1-6H3. The zero-order valence-electron chi connectivity index (χ0n) is 23.5. The van der Waals surface area contributed by atoms with Crippen LogP contribution in [-0.4, -0.2) is 57.5 Å². The fourth-order valence-electron chi connectivity index (χ4n) is 4.51. The molecule has 0 aliphatic carbocycles. The number of pyridine rings is 2. The highest BCUT2D eigenvalue weighted by Gasteiger charge is 2.38. The van der Waals surface area contributed by atoms with Gasteiger partial charge in [-0.1, -0.05) is 26.0 Å². The van der Waals surface area contributed by atoms with Crippen LogP contribution in [-0.2, 0) is 9.16 Å². The maximum Gasteiger partial charge on any atom is 0.200 e. The fraction of sp³-hybridized carbons (Fsp3) is 0.500. The zero-order valence-corrected chi connectivity index (χ0v) is 24.5. The van der Waals surface area contributed by atoms with Crippen LogP contribution in [0.2, 0.25) is 18.1 Å². The summed E-state index contributed by atoms with van der Waals surface area (Å²) >= 11 is 0. The van der Waals surface area contributed by atoms with Crippen molar-refractivity contribution >= 4 is 14.0 Å². The third kappa shape index (κ3) is 5.75. The molecule has 5 rings (SSSR count). The van der Waals surface area contributed by atoms with Crippen LogP contribution in [0, 0.1) is 12.7 Å². The van der Waals surface area contributed by atoms with Crippen LogP contribution in [0.15, 0.2) is 42.9 Å². The quantitative estimate of drug-likeness (QED) is 0.250. The molecule has 11 heteroatoms. The zero-order chi connectivity index (χ0) is 27.8. The summed E-state index contributed by atoms with van der Waals surface area (Å²) in [7, 11) is -2.09. The summed E-state index contributed by atoms with van der Waals surface area (Å²) in [5.74, 6) is 0.167. The molecule has 1 fully saturated rings. The molecule has 0 N–H and O–H groups in total. The molecule has 1 unspecified atom stereocenters. The van der Waals surface area contributed by atoms with Gasteiger partial charge in [0.2, 0.25) is 5.88 Å². The van der Waals surface area contributed by atoms with Crippen molar-refractivity contribution in [2.24, 2.45) is 0 Å². The van der Waals surface area contributed by atoms with Crippen LogP contribution in [0.4, 0.5) is 4.39 Å². The second-order valence-corrected chi connectivity index (χ2v) is 16.4. The Bertz CT molecular complexity index is 1420. The van der Waals surface area contributed by atoms with Crippen molar-refractivity contribution in [3.05, 3.63) is 60.1 Å². The third-order valence-electron chi connectivity index (χ3n) is 7.95. The molecule has 4 aromatic rings. The van der Waals surface area contributed by atoms with Gasteiger partial charge >= 0.3 is 0 Å². The Hall–Kier alpha value is -3.15. The predicted octanol–water partition coefficient (Wildman–Crippen LogP) is 5.93. The van der Waals surface area contributed by atoms with Crippen LogP contribution in [0.5, 0.6) is 5.88 Å². The number of halogens is 1. The molecular weight excluding hydrogens is 515 g/mol. The SMILES string of the molecule is Cc1c(-c2cc(OC(CO[Si](C)(C)C(C)(C)C)c3ccc(F)cn3)n3ccnc3c2)nnn1C1CCOCC1. The Morgan fingerprint density at radius 3 is 2.62 bits per heavy atom. The van der Waals surface area contributed by atoms with Crippen molar-refractivity contribution < 1.29 is 18.3 Å². The van der Waals surface area contributed by atoms with Crippen molar-refractivity contribution in [3.8, 4) is 17.1 Å². The summed E-state index contributed by atoms with van der Waals surface area (Å²) in [6, 6.07) is 7.24. The molecular formula is C28H37FN6O3Si. The normalized spacial score (nSPS) is 16.1. The molecule has 208 valence electrons. The first-order chi connectivity index (χ1) is 18.5. The van der Waals surface area contributed by atoms with Gasteiger partial charge in [0.15, 0.2) is 14.4 Å². The molecule has 5 heterocycles. The second-order valence-electron chi connectivity index (χ2n) is 11.6. The largest absolute Gasteiger partial charge is 0.466 e. The Kier molecular flexibility index (Phi) is 7.58. The molecule has 4 aromatic heterocycles. The first-order valence-corrected chi connectivity index (χ1v) is 16.3. The molecule has 0 aromatic carbocycles. The van der Waals surface area contributed by atoms with Crippen molar-refractivity contribution in [1.82, 2.24) is 29.4 Å². The molecule has 1 aliphatic rings. The Morgan fingerprint density at radius 1 is 1.15 bits per heavy atom.